The van der Waals surface area contributed by atoms with Crippen molar-refractivity contribution in [3.8, 4) is 11.5 Å². The smallest absolute Gasteiger partial charge is 0.342 e. The normalized spacial score (nSPS) is 9.82. The number of esters is 1. The van der Waals surface area contributed by atoms with E-state index in [0.29, 0.717) is 12.4 Å². The zero-order valence-electron chi connectivity index (χ0n) is 16.5. The van der Waals surface area contributed by atoms with E-state index < -0.39 is 5.97 Å². The van der Waals surface area contributed by atoms with Gasteiger partial charge in [-0.15, -0.1) is 0 Å². The van der Waals surface area contributed by atoms with Crippen molar-refractivity contribution in [2.75, 3.05) is 0 Å². The Morgan fingerprint density at radius 1 is 0.857 bits per heavy atom. The predicted molar refractivity (Wildman–Crippen MR) is 111 cm³/mol. The molecule has 0 atom stereocenters. The molecule has 0 saturated heterocycles. The second-order valence-electron chi connectivity index (χ2n) is 5.97. The van der Waals surface area contributed by atoms with Crippen LogP contribution >= 0.6 is 0 Å². The zero-order chi connectivity index (χ0) is 20.4. The summed E-state index contributed by atoms with van der Waals surface area (Å²) in [6, 6.07) is 22.2. The first kappa shape index (κ1) is 21.0. The lowest BCUT2D eigenvalue weighted by Gasteiger charge is -2.12. The Morgan fingerprint density at radius 2 is 1.39 bits per heavy atom. The SMILES string of the molecule is CC.Cc1cc(C(=O)OCc2ccccc2)c(O)cc1OCc1ccccc1. The summed E-state index contributed by atoms with van der Waals surface area (Å²) >= 11 is 0. The minimum absolute atomic E-state index is 0.130. The van der Waals surface area contributed by atoms with E-state index in [0.717, 1.165) is 16.7 Å². The van der Waals surface area contributed by atoms with E-state index >= 15 is 0 Å². The number of hydrogen-bond acceptors (Lipinski definition) is 4. The first-order valence-electron chi connectivity index (χ1n) is 9.35. The Morgan fingerprint density at radius 3 is 1.96 bits per heavy atom. The van der Waals surface area contributed by atoms with Crippen molar-refractivity contribution >= 4 is 5.97 Å². The molecule has 0 spiro atoms. The summed E-state index contributed by atoms with van der Waals surface area (Å²) in [5, 5.41) is 10.2. The Kier molecular flexibility index (Phi) is 8.10. The highest BCUT2D eigenvalue weighted by Gasteiger charge is 2.16. The Bertz CT molecular complexity index is 874. The lowest BCUT2D eigenvalue weighted by molar-refractivity contribution is 0.0469. The maximum Gasteiger partial charge on any atom is 0.342 e. The van der Waals surface area contributed by atoms with Crippen molar-refractivity contribution in [3.63, 3.8) is 0 Å². The second kappa shape index (κ2) is 10.8. The number of benzene rings is 3. The van der Waals surface area contributed by atoms with Crippen molar-refractivity contribution in [2.24, 2.45) is 0 Å². The summed E-state index contributed by atoms with van der Waals surface area (Å²) in [6.45, 7) is 6.37. The lowest BCUT2D eigenvalue weighted by Crippen LogP contribution is -2.07. The number of ether oxygens (including phenoxy) is 2. The third kappa shape index (κ3) is 5.88. The third-order valence-electron chi connectivity index (χ3n) is 3.96. The average Bonchev–Trinajstić information content (AvgIpc) is 2.75. The van der Waals surface area contributed by atoms with Gasteiger partial charge < -0.3 is 14.6 Å². The van der Waals surface area contributed by atoms with Gasteiger partial charge in [-0.3, -0.25) is 0 Å². The van der Waals surface area contributed by atoms with Crippen LogP contribution in [0.5, 0.6) is 11.5 Å². The van der Waals surface area contributed by atoms with Crippen LogP contribution in [0.2, 0.25) is 0 Å². The molecular formula is C24H26O4. The summed E-state index contributed by atoms with van der Waals surface area (Å²) in [5.74, 6) is -0.188. The molecule has 1 N–H and O–H groups in total. The number of aromatic hydroxyl groups is 1. The summed E-state index contributed by atoms with van der Waals surface area (Å²) in [5.41, 5.74) is 2.80. The summed E-state index contributed by atoms with van der Waals surface area (Å²) < 4.78 is 11.0. The quantitative estimate of drug-likeness (QED) is 0.562. The van der Waals surface area contributed by atoms with E-state index in [-0.39, 0.29) is 17.9 Å². The van der Waals surface area contributed by atoms with Crippen LogP contribution in [0.1, 0.15) is 40.9 Å². The van der Waals surface area contributed by atoms with Gasteiger partial charge in [0, 0.05) is 6.07 Å². The maximum atomic E-state index is 12.3. The number of carbonyl (C=O) groups excluding carboxylic acids is 1. The summed E-state index contributed by atoms with van der Waals surface area (Å²) in [4.78, 5) is 12.3. The molecule has 4 nitrogen and oxygen atoms in total. The van der Waals surface area contributed by atoms with E-state index in [4.69, 9.17) is 9.47 Å². The van der Waals surface area contributed by atoms with Crippen LogP contribution in [0, 0.1) is 6.92 Å². The van der Waals surface area contributed by atoms with E-state index in [1.54, 1.807) is 6.07 Å². The van der Waals surface area contributed by atoms with E-state index in [1.807, 2.05) is 81.4 Å². The fourth-order valence-corrected chi connectivity index (χ4v) is 2.53. The van der Waals surface area contributed by atoms with Crippen LogP contribution in [-0.4, -0.2) is 11.1 Å². The highest BCUT2D eigenvalue weighted by Crippen LogP contribution is 2.29. The van der Waals surface area contributed by atoms with Crippen LogP contribution < -0.4 is 4.74 Å². The van der Waals surface area contributed by atoms with Crippen LogP contribution in [-0.2, 0) is 18.0 Å². The van der Waals surface area contributed by atoms with Gasteiger partial charge in [-0.05, 0) is 29.7 Å². The minimum atomic E-state index is -0.566. The average molecular weight is 378 g/mol. The zero-order valence-corrected chi connectivity index (χ0v) is 16.5. The molecule has 3 rings (SSSR count). The third-order valence-corrected chi connectivity index (χ3v) is 3.96. The molecule has 3 aromatic carbocycles. The standard InChI is InChI=1S/C22H20O4.C2H6/c1-16-12-19(22(24)26-15-18-10-6-3-7-11-18)20(23)13-21(16)25-14-17-8-4-2-5-9-17;1-2/h2-13,23H,14-15H2,1H3;1-2H3. The predicted octanol–water partition coefficient (Wildman–Crippen LogP) is 5.66. The first-order valence-corrected chi connectivity index (χ1v) is 9.35. The first-order chi connectivity index (χ1) is 13.6. The van der Waals surface area contributed by atoms with E-state index in [1.165, 1.54) is 6.07 Å². The fraction of sp³-hybridized carbons (Fsp3) is 0.208. The highest BCUT2D eigenvalue weighted by molar-refractivity contribution is 5.93. The van der Waals surface area contributed by atoms with Gasteiger partial charge in [0.05, 0.1) is 0 Å². The molecule has 0 aromatic heterocycles. The molecule has 0 fully saturated rings. The van der Waals surface area contributed by atoms with Gasteiger partial charge in [0.25, 0.3) is 0 Å². The molecule has 0 aliphatic heterocycles. The number of carbonyl (C=O) groups is 1. The molecule has 0 aliphatic carbocycles. The van der Waals surface area contributed by atoms with Crippen molar-refractivity contribution in [3.05, 3.63) is 95.1 Å². The van der Waals surface area contributed by atoms with Crippen molar-refractivity contribution in [1.82, 2.24) is 0 Å². The van der Waals surface area contributed by atoms with Crippen molar-refractivity contribution in [2.45, 2.75) is 34.0 Å². The lowest BCUT2D eigenvalue weighted by atomic mass is 10.1. The number of rotatable bonds is 6. The fourth-order valence-electron chi connectivity index (χ4n) is 2.53. The molecule has 146 valence electrons. The van der Waals surface area contributed by atoms with Crippen LogP contribution in [0.3, 0.4) is 0 Å². The molecule has 0 amide bonds. The number of hydrogen-bond donors (Lipinski definition) is 1. The molecule has 28 heavy (non-hydrogen) atoms. The van der Waals surface area contributed by atoms with Gasteiger partial charge >= 0.3 is 5.97 Å². The number of phenols is 1. The minimum Gasteiger partial charge on any atom is -0.507 e. The van der Waals surface area contributed by atoms with Gasteiger partial charge in [-0.25, -0.2) is 4.79 Å². The van der Waals surface area contributed by atoms with Crippen LogP contribution in [0.15, 0.2) is 72.8 Å². The molecule has 3 aromatic rings. The summed E-state index contributed by atoms with van der Waals surface area (Å²) in [7, 11) is 0. The molecule has 0 heterocycles. The van der Waals surface area contributed by atoms with Crippen molar-refractivity contribution in [1.29, 1.82) is 0 Å². The number of aryl methyl sites for hydroxylation is 1. The largest absolute Gasteiger partial charge is 0.507 e. The molecule has 4 heteroatoms. The van der Waals surface area contributed by atoms with Crippen LogP contribution in [0.25, 0.3) is 0 Å². The van der Waals surface area contributed by atoms with Gasteiger partial charge in [-0.2, -0.15) is 0 Å². The Balaban J connectivity index is 0.00000136. The second-order valence-corrected chi connectivity index (χ2v) is 5.97. The van der Waals surface area contributed by atoms with Gasteiger partial charge in [-0.1, -0.05) is 74.5 Å². The molecule has 0 bridgehead atoms. The monoisotopic (exact) mass is 378 g/mol. The number of phenolic OH excluding ortho intramolecular Hbond substituents is 1. The topological polar surface area (TPSA) is 55.8 Å². The van der Waals surface area contributed by atoms with Gasteiger partial charge in [0.15, 0.2) is 0 Å². The molecule has 0 unspecified atom stereocenters. The van der Waals surface area contributed by atoms with Crippen molar-refractivity contribution < 1.29 is 19.4 Å². The maximum absolute atomic E-state index is 12.3. The molecule has 0 radical (unpaired) electrons. The Labute approximate surface area is 166 Å². The summed E-state index contributed by atoms with van der Waals surface area (Å²) in [6.07, 6.45) is 0. The van der Waals surface area contributed by atoms with E-state index in [2.05, 4.69) is 0 Å². The van der Waals surface area contributed by atoms with E-state index in [9.17, 15) is 9.90 Å². The molecular weight excluding hydrogens is 352 g/mol. The molecule has 0 saturated carbocycles. The van der Waals surface area contributed by atoms with Gasteiger partial charge in [0.2, 0.25) is 0 Å². The van der Waals surface area contributed by atoms with Gasteiger partial charge in [0.1, 0.15) is 30.3 Å². The molecule has 0 aliphatic rings. The Hall–Kier alpha value is -3.27. The van der Waals surface area contributed by atoms with Crippen LogP contribution in [0.4, 0.5) is 0 Å². The highest BCUT2D eigenvalue weighted by atomic mass is 16.5.